The van der Waals surface area contributed by atoms with Crippen molar-refractivity contribution in [3.8, 4) is 0 Å². The van der Waals surface area contributed by atoms with Crippen LogP contribution in [0.15, 0.2) is 53.4 Å². The number of carbonyl (C=O) groups is 3. The number of hydrogen-bond donors (Lipinski definition) is 1. The van der Waals surface area contributed by atoms with Gasteiger partial charge in [-0.2, -0.15) is 13.2 Å². The van der Waals surface area contributed by atoms with Gasteiger partial charge in [-0.15, -0.1) is 0 Å². The Morgan fingerprint density at radius 3 is 2.14 bits per heavy atom. The molecule has 0 bridgehead atoms. The van der Waals surface area contributed by atoms with E-state index in [1.165, 1.54) is 50.2 Å². The van der Waals surface area contributed by atoms with Crippen molar-refractivity contribution < 1.29 is 37.0 Å². The normalized spacial score (nSPS) is 12.6. The van der Waals surface area contributed by atoms with Crippen LogP contribution < -0.4 is 5.32 Å². The minimum absolute atomic E-state index is 0.00435. The molecule has 158 valence electrons. The molecule has 0 aliphatic rings. The van der Waals surface area contributed by atoms with Crippen molar-refractivity contribution in [1.29, 1.82) is 0 Å². The van der Waals surface area contributed by atoms with E-state index >= 15 is 0 Å². The zero-order chi connectivity index (χ0) is 22.2. The number of nitrogens with zero attached hydrogens (tertiary/aromatic N) is 1. The number of alkyl halides is 3. The Morgan fingerprint density at radius 2 is 1.69 bits per heavy atom. The van der Waals surface area contributed by atoms with Gasteiger partial charge in [-0.25, -0.2) is 9.59 Å². The number of halogens is 3. The summed E-state index contributed by atoms with van der Waals surface area (Å²) in [5.74, 6) is -3.78. The van der Waals surface area contributed by atoms with Crippen LogP contribution in [0.1, 0.15) is 17.3 Å². The van der Waals surface area contributed by atoms with Gasteiger partial charge in [0.05, 0.1) is 19.3 Å². The van der Waals surface area contributed by atoms with Gasteiger partial charge in [-0.1, -0.05) is 18.2 Å². The lowest BCUT2D eigenvalue weighted by atomic mass is 10.0. The molecule has 0 aliphatic heterocycles. The second-order valence-corrected chi connectivity index (χ2v) is 5.79. The Balaban J connectivity index is 3.71. The third kappa shape index (κ3) is 6.66. The molecule has 1 aromatic carbocycles. The summed E-state index contributed by atoms with van der Waals surface area (Å²) in [4.78, 5) is 37.9. The zero-order valence-electron chi connectivity index (χ0n) is 16.3. The lowest BCUT2D eigenvalue weighted by Gasteiger charge is -2.20. The fourth-order valence-corrected chi connectivity index (χ4v) is 2.21. The molecule has 1 amide bonds. The summed E-state index contributed by atoms with van der Waals surface area (Å²) in [5, 5.41) is 1.92. The number of carbonyl (C=O) groups excluding carboxylic acids is 3. The van der Waals surface area contributed by atoms with Gasteiger partial charge in [-0.05, 0) is 19.1 Å². The highest BCUT2D eigenvalue weighted by Crippen LogP contribution is 2.34. The average molecular weight is 414 g/mol. The number of rotatable bonds is 7. The molecule has 0 unspecified atom stereocenters. The van der Waals surface area contributed by atoms with E-state index in [9.17, 15) is 27.6 Å². The highest BCUT2D eigenvalue weighted by Gasteiger charge is 2.44. The van der Waals surface area contributed by atoms with Crippen molar-refractivity contribution >= 4 is 17.8 Å². The highest BCUT2D eigenvalue weighted by atomic mass is 19.4. The fourth-order valence-electron chi connectivity index (χ4n) is 2.21. The van der Waals surface area contributed by atoms with Gasteiger partial charge < -0.3 is 19.7 Å². The minimum atomic E-state index is -5.19. The maximum absolute atomic E-state index is 13.9. The lowest BCUT2D eigenvalue weighted by Crippen LogP contribution is -2.35. The van der Waals surface area contributed by atoms with Crippen LogP contribution >= 0.6 is 0 Å². The third-order valence-electron chi connectivity index (χ3n) is 3.35. The van der Waals surface area contributed by atoms with Gasteiger partial charge in [0, 0.05) is 25.9 Å². The number of ether oxygens (including phenoxy) is 2. The number of hydrogen-bond acceptors (Lipinski definition) is 6. The Morgan fingerprint density at radius 1 is 1.10 bits per heavy atom. The predicted octanol–water partition coefficient (Wildman–Crippen LogP) is 2.41. The van der Waals surface area contributed by atoms with Gasteiger partial charge in [0.15, 0.2) is 0 Å². The van der Waals surface area contributed by atoms with Crippen LogP contribution in [0.25, 0.3) is 0 Å². The van der Waals surface area contributed by atoms with Crippen LogP contribution in [0.2, 0.25) is 0 Å². The van der Waals surface area contributed by atoms with Crippen LogP contribution in [0.4, 0.5) is 13.2 Å². The summed E-state index contributed by atoms with van der Waals surface area (Å²) in [6.07, 6.45) is -4.35. The third-order valence-corrected chi connectivity index (χ3v) is 3.35. The minimum Gasteiger partial charge on any atom is -0.464 e. The largest absolute Gasteiger partial charge is 0.464 e. The molecule has 0 saturated heterocycles. The molecule has 1 rings (SSSR count). The van der Waals surface area contributed by atoms with Crippen molar-refractivity contribution in [2.45, 2.75) is 13.1 Å². The van der Waals surface area contributed by atoms with Crippen molar-refractivity contribution in [2.24, 2.45) is 0 Å². The van der Waals surface area contributed by atoms with E-state index in [0.717, 1.165) is 13.3 Å². The molecule has 0 atom stereocenters. The van der Waals surface area contributed by atoms with E-state index in [2.05, 4.69) is 4.74 Å². The van der Waals surface area contributed by atoms with Gasteiger partial charge in [-0.3, -0.25) is 4.79 Å². The van der Waals surface area contributed by atoms with E-state index in [1.807, 2.05) is 5.32 Å². The number of nitrogens with one attached hydrogen (secondary N) is 1. The quantitative estimate of drug-likeness (QED) is 0.419. The fraction of sp³-hybridized carbons (Fsp3) is 0.316. The Bertz CT molecular complexity index is 815. The van der Waals surface area contributed by atoms with Gasteiger partial charge in [0.2, 0.25) is 0 Å². The van der Waals surface area contributed by atoms with Crippen LogP contribution in [0, 0.1) is 0 Å². The molecule has 0 heterocycles. The topological polar surface area (TPSA) is 84.9 Å². The first kappa shape index (κ1) is 23.7. The van der Waals surface area contributed by atoms with Crippen LogP contribution in [0.3, 0.4) is 0 Å². The van der Waals surface area contributed by atoms with Crippen molar-refractivity contribution in [2.75, 3.05) is 27.8 Å². The van der Waals surface area contributed by atoms with Gasteiger partial charge >= 0.3 is 18.1 Å². The molecule has 1 aromatic rings. The smallest absolute Gasteiger partial charge is 0.419 e. The van der Waals surface area contributed by atoms with Gasteiger partial charge in [0.25, 0.3) is 5.91 Å². The average Bonchev–Trinajstić information content (AvgIpc) is 2.65. The van der Waals surface area contributed by atoms with Crippen LogP contribution in [0.5, 0.6) is 0 Å². The summed E-state index contributed by atoms with van der Waals surface area (Å²) >= 11 is 0. The molecule has 10 heteroatoms. The number of benzene rings is 1. The van der Waals surface area contributed by atoms with E-state index < -0.39 is 40.9 Å². The molecule has 7 nitrogen and oxygen atoms in total. The van der Waals surface area contributed by atoms with E-state index in [4.69, 9.17) is 4.74 Å². The molecule has 0 radical (unpaired) electrons. The van der Waals surface area contributed by atoms with E-state index in [0.29, 0.717) is 0 Å². The first-order chi connectivity index (χ1) is 13.5. The first-order valence-corrected chi connectivity index (χ1v) is 8.34. The monoisotopic (exact) mass is 414 g/mol. The number of amides is 1. The predicted molar refractivity (Wildman–Crippen MR) is 97.4 cm³/mol. The maximum Gasteiger partial charge on any atom is 0.419 e. The second-order valence-electron chi connectivity index (χ2n) is 5.79. The standard InChI is InChI=1S/C19H21F3N2O5/c1-5-29-17(26)13(11-24(2)3)14(19(20,21)22)15(18(27)28-4)23-16(25)12-9-7-6-8-10-12/h6-11H,5H2,1-4H3,(H,23,25)/b13-11+,15-14+. The van der Waals surface area contributed by atoms with Crippen molar-refractivity contribution in [3.05, 3.63) is 58.9 Å². The highest BCUT2D eigenvalue weighted by molar-refractivity contribution is 6.04. The molecule has 0 fully saturated rings. The summed E-state index contributed by atoms with van der Waals surface area (Å²) < 4.78 is 50.9. The van der Waals surface area contributed by atoms with Gasteiger partial charge in [0.1, 0.15) is 11.3 Å². The SMILES string of the molecule is CCOC(=O)C(=C/N(C)C)/C(=C(\NC(=O)c1ccccc1)C(=O)OC)C(F)(F)F. The summed E-state index contributed by atoms with van der Waals surface area (Å²) in [6, 6.07) is 7.29. The lowest BCUT2D eigenvalue weighted by molar-refractivity contribution is -0.140. The molecular formula is C19H21F3N2O5. The molecule has 0 aromatic heterocycles. The van der Waals surface area contributed by atoms with E-state index in [1.54, 1.807) is 6.07 Å². The summed E-state index contributed by atoms with van der Waals surface area (Å²) in [5.41, 5.74) is -3.86. The zero-order valence-corrected chi connectivity index (χ0v) is 16.3. The first-order valence-electron chi connectivity index (χ1n) is 8.34. The van der Waals surface area contributed by atoms with E-state index in [-0.39, 0.29) is 12.2 Å². The summed E-state index contributed by atoms with van der Waals surface area (Å²) in [7, 11) is 3.62. The Kier molecular flexibility index (Phi) is 8.43. The van der Waals surface area contributed by atoms with Crippen molar-refractivity contribution in [1.82, 2.24) is 10.2 Å². The molecule has 0 spiro atoms. The number of methoxy groups -OCH3 is 1. The molecule has 29 heavy (non-hydrogen) atoms. The Hall–Kier alpha value is -3.30. The molecule has 0 aliphatic carbocycles. The van der Waals surface area contributed by atoms with Crippen molar-refractivity contribution in [3.63, 3.8) is 0 Å². The van der Waals surface area contributed by atoms with Crippen LogP contribution in [-0.4, -0.2) is 56.7 Å². The second kappa shape index (κ2) is 10.3. The summed E-state index contributed by atoms with van der Waals surface area (Å²) in [6.45, 7) is 1.22. The Labute approximate surface area is 165 Å². The molecule has 0 saturated carbocycles. The number of esters is 2. The molecular weight excluding hydrogens is 393 g/mol. The van der Waals surface area contributed by atoms with Crippen LogP contribution in [-0.2, 0) is 19.1 Å². The molecule has 1 N–H and O–H groups in total. The maximum atomic E-state index is 13.9.